The van der Waals surface area contributed by atoms with E-state index in [1.807, 2.05) is 37.3 Å². The summed E-state index contributed by atoms with van der Waals surface area (Å²) in [7, 11) is 0. The molecule has 1 saturated heterocycles. The molecular weight excluding hydrogens is 228 g/mol. The van der Waals surface area contributed by atoms with E-state index in [0.717, 1.165) is 12.0 Å². The Kier molecular flexibility index (Phi) is 3.96. The first-order valence-corrected chi connectivity index (χ1v) is 6.07. The Hall–Kier alpha value is -1.86. The number of carbonyl (C=O) groups is 1. The van der Waals surface area contributed by atoms with Crippen molar-refractivity contribution in [2.75, 3.05) is 6.61 Å². The van der Waals surface area contributed by atoms with Crippen LogP contribution in [0.4, 0.5) is 0 Å². The molecule has 1 aliphatic heterocycles. The lowest BCUT2D eigenvalue weighted by Gasteiger charge is -2.14. The zero-order valence-electron chi connectivity index (χ0n) is 10.3. The minimum Gasteiger partial charge on any atom is -0.378 e. The van der Waals surface area contributed by atoms with Gasteiger partial charge in [-0.2, -0.15) is 5.26 Å². The van der Waals surface area contributed by atoms with Crippen LogP contribution in [0.5, 0.6) is 0 Å². The molecule has 1 aromatic carbocycles. The summed E-state index contributed by atoms with van der Waals surface area (Å²) >= 11 is 0. The molecule has 4 heteroatoms. The number of hydrogen-bond donors (Lipinski definition) is 1. The van der Waals surface area contributed by atoms with Crippen molar-refractivity contribution in [2.45, 2.75) is 25.5 Å². The quantitative estimate of drug-likeness (QED) is 0.881. The summed E-state index contributed by atoms with van der Waals surface area (Å²) in [4.78, 5) is 12.0. The number of hydrogen-bond acceptors (Lipinski definition) is 3. The number of nitrogens with one attached hydrogen (secondary N) is 1. The van der Waals surface area contributed by atoms with Crippen LogP contribution in [0.1, 0.15) is 24.9 Å². The fourth-order valence-corrected chi connectivity index (χ4v) is 2.10. The van der Waals surface area contributed by atoms with Gasteiger partial charge in [0.1, 0.15) is 6.04 Å². The lowest BCUT2D eigenvalue weighted by Crippen LogP contribution is -2.33. The Balaban J connectivity index is 1.99. The maximum absolute atomic E-state index is 12.0. The highest BCUT2D eigenvalue weighted by molar-refractivity contribution is 5.79. The molecule has 3 atom stereocenters. The molecule has 1 N–H and O–H groups in total. The second-order valence-corrected chi connectivity index (χ2v) is 4.56. The van der Waals surface area contributed by atoms with Crippen LogP contribution in [0.25, 0.3) is 0 Å². The molecule has 0 radical (unpaired) electrons. The monoisotopic (exact) mass is 244 g/mol. The molecule has 94 valence electrons. The predicted octanol–water partition coefficient (Wildman–Crippen LogP) is 1.79. The first-order chi connectivity index (χ1) is 8.70. The lowest BCUT2D eigenvalue weighted by atomic mass is 10.0. The van der Waals surface area contributed by atoms with Crippen molar-refractivity contribution in [3.05, 3.63) is 35.9 Å². The Bertz CT molecular complexity index is 453. The van der Waals surface area contributed by atoms with Crippen LogP contribution < -0.4 is 5.32 Å². The van der Waals surface area contributed by atoms with Gasteiger partial charge in [0.15, 0.2) is 0 Å². The standard InChI is InChI=1S/C14H16N2O2/c1-10-7-12(9-18-10)14(17)16-13(8-15)11-5-3-2-4-6-11/h2-6,10,12-13H,7,9H2,1H3,(H,16,17). The largest absolute Gasteiger partial charge is 0.378 e. The number of amides is 1. The normalized spacial score (nSPS) is 24.2. The molecule has 1 aromatic rings. The van der Waals surface area contributed by atoms with Gasteiger partial charge >= 0.3 is 0 Å². The molecule has 1 amide bonds. The van der Waals surface area contributed by atoms with Crippen LogP contribution in [-0.4, -0.2) is 18.6 Å². The van der Waals surface area contributed by atoms with Gasteiger partial charge in [-0.3, -0.25) is 4.79 Å². The SMILES string of the molecule is CC1CC(C(=O)NC(C#N)c2ccccc2)CO1. The molecule has 0 saturated carbocycles. The molecule has 18 heavy (non-hydrogen) atoms. The number of rotatable bonds is 3. The summed E-state index contributed by atoms with van der Waals surface area (Å²) in [6, 6.07) is 10.8. The summed E-state index contributed by atoms with van der Waals surface area (Å²) in [5.41, 5.74) is 0.806. The fraction of sp³-hybridized carbons (Fsp3) is 0.429. The number of carbonyl (C=O) groups excluding carboxylic acids is 1. The highest BCUT2D eigenvalue weighted by Gasteiger charge is 2.29. The van der Waals surface area contributed by atoms with Gasteiger partial charge in [0.2, 0.25) is 5.91 Å². The van der Waals surface area contributed by atoms with Gasteiger partial charge in [0.05, 0.1) is 24.7 Å². The van der Waals surface area contributed by atoms with Crippen LogP contribution in [0, 0.1) is 17.2 Å². The van der Waals surface area contributed by atoms with E-state index >= 15 is 0 Å². The van der Waals surface area contributed by atoms with E-state index in [1.54, 1.807) is 0 Å². The number of ether oxygens (including phenoxy) is 1. The van der Waals surface area contributed by atoms with Gasteiger partial charge < -0.3 is 10.1 Å². The van der Waals surface area contributed by atoms with E-state index in [9.17, 15) is 4.79 Å². The Morgan fingerprint density at radius 3 is 2.78 bits per heavy atom. The lowest BCUT2D eigenvalue weighted by molar-refractivity contribution is -0.125. The summed E-state index contributed by atoms with van der Waals surface area (Å²) in [5, 5.41) is 11.9. The summed E-state index contributed by atoms with van der Waals surface area (Å²) < 4.78 is 5.36. The van der Waals surface area contributed by atoms with Crippen molar-refractivity contribution in [1.82, 2.24) is 5.32 Å². The molecule has 0 aromatic heterocycles. The average molecular weight is 244 g/mol. The van der Waals surface area contributed by atoms with Crippen molar-refractivity contribution in [1.29, 1.82) is 5.26 Å². The molecule has 1 heterocycles. The van der Waals surface area contributed by atoms with E-state index in [-0.39, 0.29) is 17.9 Å². The maximum Gasteiger partial charge on any atom is 0.226 e. The number of benzene rings is 1. The second kappa shape index (κ2) is 5.65. The average Bonchev–Trinajstić information content (AvgIpc) is 2.83. The van der Waals surface area contributed by atoms with Gasteiger partial charge in [0.25, 0.3) is 0 Å². The van der Waals surface area contributed by atoms with Crippen LogP contribution in [0.2, 0.25) is 0 Å². The first kappa shape index (κ1) is 12.6. The first-order valence-electron chi connectivity index (χ1n) is 6.07. The van der Waals surface area contributed by atoms with Crippen molar-refractivity contribution >= 4 is 5.91 Å². The van der Waals surface area contributed by atoms with Crippen LogP contribution in [-0.2, 0) is 9.53 Å². The molecule has 0 aliphatic carbocycles. The molecule has 2 rings (SSSR count). The van der Waals surface area contributed by atoms with Gasteiger partial charge in [-0.25, -0.2) is 0 Å². The fourth-order valence-electron chi connectivity index (χ4n) is 2.10. The maximum atomic E-state index is 12.0. The van der Waals surface area contributed by atoms with E-state index in [1.165, 1.54) is 0 Å². The number of nitrogens with zero attached hydrogens (tertiary/aromatic N) is 1. The third-order valence-electron chi connectivity index (χ3n) is 3.12. The summed E-state index contributed by atoms with van der Waals surface area (Å²) in [5.74, 6) is -0.241. The summed E-state index contributed by atoms with van der Waals surface area (Å²) in [6.07, 6.45) is 0.844. The molecule has 0 bridgehead atoms. The van der Waals surface area contributed by atoms with E-state index < -0.39 is 6.04 Å². The van der Waals surface area contributed by atoms with E-state index in [2.05, 4.69) is 11.4 Å². The summed E-state index contributed by atoms with van der Waals surface area (Å²) in [6.45, 7) is 2.40. The molecule has 1 aliphatic rings. The minimum absolute atomic E-state index is 0.102. The Morgan fingerprint density at radius 1 is 1.50 bits per heavy atom. The van der Waals surface area contributed by atoms with Crippen molar-refractivity contribution < 1.29 is 9.53 Å². The van der Waals surface area contributed by atoms with Crippen LogP contribution >= 0.6 is 0 Å². The van der Waals surface area contributed by atoms with E-state index in [4.69, 9.17) is 10.00 Å². The van der Waals surface area contributed by atoms with E-state index in [0.29, 0.717) is 6.61 Å². The van der Waals surface area contributed by atoms with Crippen molar-refractivity contribution in [3.63, 3.8) is 0 Å². The Labute approximate surface area is 107 Å². The number of nitriles is 1. The highest BCUT2D eigenvalue weighted by Crippen LogP contribution is 2.20. The third kappa shape index (κ3) is 2.88. The molecular formula is C14H16N2O2. The third-order valence-corrected chi connectivity index (χ3v) is 3.12. The van der Waals surface area contributed by atoms with Gasteiger partial charge in [-0.15, -0.1) is 0 Å². The zero-order valence-corrected chi connectivity index (χ0v) is 10.3. The Morgan fingerprint density at radius 2 is 2.22 bits per heavy atom. The second-order valence-electron chi connectivity index (χ2n) is 4.56. The van der Waals surface area contributed by atoms with Crippen LogP contribution in [0.15, 0.2) is 30.3 Å². The highest BCUT2D eigenvalue weighted by atomic mass is 16.5. The topological polar surface area (TPSA) is 62.1 Å². The van der Waals surface area contributed by atoms with Gasteiger partial charge in [-0.1, -0.05) is 30.3 Å². The molecule has 4 nitrogen and oxygen atoms in total. The van der Waals surface area contributed by atoms with Crippen LogP contribution in [0.3, 0.4) is 0 Å². The zero-order chi connectivity index (χ0) is 13.0. The molecule has 1 fully saturated rings. The minimum atomic E-state index is -0.588. The molecule has 0 spiro atoms. The molecule has 3 unspecified atom stereocenters. The van der Waals surface area contributed by atoms with Gasteiger partial charge in [-0.05, 0) is 18.9 Å². The van der Waals surface area contributed by atoms with Crippen molar-refractivity contribution in [3.8, 4) is 6.07 Å². The predicted molar refractivity (Wildman–Crippen MR) is 66.5 cm³/mol. The van der Waals surface area contributed by atoms with Crippen molar-refractivity contribution in [2.24, 2.45) is 5.92 Å². The smallest absolute Gasteiger partial charge is 0.226 e. The van der Waals surface area contributed by atoms with Gasteiger partial charge in [0, 0.05) is 0 Å².